The number of benzene rings is 1. The maximum absolute atomic E-state index is 3.33. The molecule has 2 rings (SSSR count). The summed E-state index contributed by atoms with van der Waals surface area (Å²) in [5.74, 6) is 0. The summed E-state index contributed by atoms with van der Waals surface area (Å²) in [6.45, 7) is 7.82. The van der Waals surface area contributed by atoms with Gasteiger partial charge in [0.15, 0.2) is 0 Å². The third-order valence-electron chi connectivity index (χ3n) is 3.80. The molecule has 18 heavy (non-hydrogen) atoms. The Bertz CT molecular complexity index is 391. The molecule has 0 saturated carbocycles. The molecular weight excluding hydrogens is 222 g/mol. The van der Waals surface area contributed by atoms with Crippen molar-refractivity contribution in [2.24, 2.45) is 0 Å². The highest BCUT2D eigenvalue weighted by molar-refractivity contribution is 5.55. The number of anilines is 1. The number of hydrogen-bond donors (Lipinski definition) is 1. The number of aryl methyl sites for hydroxylation is 1. The lowest BCUT2D eigenvalue weighted by Crippen LogP contribution is -2.59. The van der Waals surface area contributed by atoms with Gasteiger partial charge < -0.3 is 15.1 Å². The van der Waals surface area contributed by atoms with Crippen LogP contribution in [-0.2, 0) is 0 Å². The molecule has 100 valence electrons. The van der Waals surface area contributed by atoms with Gasteiger partial charge in [0.25, 0.3) is 0 Å². The predicted octanol–water partition coefficient (Wildman–Crippen LogP) is 1.72. The van der Waals surface area contributed by atoms with Gasteiger partial charge in [0.1, 0.15) is 0 Å². The summed E-state index contributed by atoms with van der Waals surface area (Å²) in [5, 5.41) is 3.33. The summed E-state index contributed by atoms with van der Waals surface area (Å²) in [4.78, 5) is 5.02. The molecule has 0 bridgehead atoms. The highest BCUT2D eigenvalue weighted by Crippen LogP contribution is 2.27. The first-order chi connectivity index (χ1) is 8.63. The van der Waals surface area contributed by atoms with Gasteiger partial charge in [0.05, 0.1) is 6.04 Å². The quantitative estimate of drug-likeness (QED) is 0.877. The minimum absolute atomic E-state index is 0.546. The van der Waals surface area contributed by atoms with Gasteiger partial charge in [-0.3, -0.25) is 0 Å². The van der Waals surface area contributed by atoms with Gasteiger partial charge in [-0.05, 0) is 39.6 Å². The maximum Gasteiger partial charge on any atom is 0.0544 e. The number of rotatable bonds is 3. The smallest absolute Gasteiger partial charge is 0.0544 e. The van der Waals surface area contributed by atoms with Crippen molar-refractivity contribution in [2.45, 2.75) is 25.9 Å². The van der Waals surface area contributed by atoms with E-state index in [0.717, 1.165) is 19.6 Å². The van der Waals surface area contributed by atoms with E-state index >= 15 is 0 Å². The van der Waals surface area contributed by atoms with E-state index in [2.05, 4.69) is 60.3 Å². The average molecular weight is 247 g/mol. The number of hydrogen-bond acceptors (Lipinski definition) is 3. The van der Waals surface area contributed by atoms with Crippen molar-refractivity contribution < 1.29 is 0 Å². The van der Waals surface area contributed by atoms with Crippen molar-refractivity contribution >= 4 is 5.69 Å². The van der Waals surface area contributed by atoms with E-state index in [4.69, 9.17) is 0 Å². The van der Waals surface area contributed by atoms with Gasteiger partial charge in [-0.1, -0.05) is 18.2 Å². The topological polar surface area (TPSA) is 18.5 Å². The first-order valence-electron chi connectivity index (χ1n) is 6.80. The fourth-order valence-electron chi connectivity index (χ4n) is 3.11. The summed E-state index contributed by atoms with van der Waals surface area (Å²) >= 11 is 0. The molecule has 2 unspecified atom stereocenters. The Hall–Kier alpha value is -1.06. The fourth-order valence-corrected chi connectivity index (χ4v) is 3.11. The Labute approximate surface area is 111 Å². The summed E-state index contributed by atoms with van der Waals surface area (Å²) in [6.07, 6.45) is 0. The largest absolute Gasteiger partial charge is 0.362 e. The third kappa shape index (κ3) is 2.68. The van der Waals surface area contributed by atoms with E-state index in [9.17, 15) is 0 Å². The van der Waals surface area contributed by atoms with Gasteiger partial charge in [-0.25, -0.2) is 0 Å². The van der Waals surface area contributed by atoms with E-state index in [1.54, 1.807) is 0 Å². The number of likely N-dealkylation sites (N-methyl/N-ethyl adjacent to an activating group) is 2. The van der Waals surface area contributed by atoms with Crippen molar-refractivity contribution in [1.29, 1.82) is 0 Å². The van der Waals surface area contributed by atoms with Crippen LogP contribution in [0.15, 0.2) is 24.3 Å². The van der Waals surface area contributed by atoms with Crippen LogP contribution < -0.4 is 10.2 Å². The Morgan fingerprint density at radius 2 is 2.00 bits per heavy atom. The molecule has 0 spiro atoms. The Balaban J connectivity index is 2.29. The lowest BCUT2D eigenvalue weighted by molar-refractivity contribution is 0.230. The molecule has 1 aliphatic heterocycles. The van der Waals surface area contributed by atoms with Gasteiger partial charge >= 0.3 is 0 Å². The molecular formula is C15H25N3. The first-order valence-corrected chi connectivity index (χ1v) is 6.80. The van der Waals surface area contributed by atoms with Gasteiger partial charge in [0.2, 0.25) is 0 Å². The predicted molar refractivity (Wildman–Crippen MR) is 78.3 cm³/mol. The molecule has 1 N–H and O–H groups in total. The zero-order chi connectivity index (χ0) is 13.1. The highest BCUT2D eigenvalue weighted by atomic mass is 15.3. The first kappa shape index (κ1) is 13.4. The van der Waals surface area contributed by atoms with Gasteiger partial charge in [0, 0.05) is 31.4 Å². The Morgan fingerprint density at radius 3 is 2.67 bits per heavy atom. The van der Waals surface area contributed by atoms with Crippen LogP contribution in [-0.4, -0.2) is 50.7 Å². The monoisotopic (exact) mass is 247 g/mol. The molecule has 1 fully saturated rings. The summed E-state index contributed by atoms with van der Waals surface area (Å²) in [6, 6.07) is 9.82. The second kappa shape index (κ2) is 5.72. The van der Waals surface area contributed by atoms with E-state index in [0.29, 0.717) is 12.1 Å². The minimum atomic E-state index is 0.546. The average Bonchev–Trinajstić information content (AvgIpc) is 2.31. The lowest BCUT2D eigenvalue weighted by Gasteiger charge is -2.46. The minimum Gasteiger partial charge on any atom is -0.362 e. The molecule has 3 nitrogen and oxygen atoms in total. The molecule has 1 aliphatic rings. The molecule has 0 radical (unpaired) electrons. The molecule has 1 aromatic rings. The SMILES string of the molecule is CNCC1CN(C)CC(C)N1c1ccccc1C. The normalized spacial score (nSPS) is 25.4. The van der Waals surface area contributed by atoms with E-state index in [1.165, 1.54) is 11.3 Å². The molecule has 0 aromatic heterocycles. The zero-order valence-electron chi connectivity index (χ0n) is 12.0. The third-order valence-corrected chi connectivity index (χ3v) is 3.80. The second-order valence-corrected chi connectivity index (χ2v) is 5.48. The van der Waals surface area contributed by atoms with Crippen LogP contribution in [0.5, 0.6) is 0 Å². The van der Waals surface area contributed by atoms with Crippen molar-refractivity contribution in [1.82, 2.24) is 10.2 Å². The van der Waals surface area contributed by atoms with Crippen molar-refractivity contribution in [3.63, 3.8) is 0 Å². The number of para-hydroxylation sites is 1. The van der Waals surface area contributed by atoms with Crippen LogP contribution in [0.4, 0.5) is 5.69 Å². The summed E-state index contributed by atoms with van der Waals surface area (Å²) < 4.78 is 0. The molecule has 0 amide bonds. The molecule has 3 heteroatoms. The van der Waals surface area contributed by atoms with Crippen LogP contribution in [0.25, 0.3) is 0 Å². The summed E-state index contributed by atoms with van der Waals surface area (Å²) in [7, 11) is 4.25. The molecule has 1 aromatic carbocycles. The lowest BCUT2D eigenvalue weighted by atomic mass is 10.0. The van der Waals surface area contributed by atoms with Crippen LogP contribution in [0, 0.1) is 6.92 Å². The number of nitrogens with zero attached hydrogens (tertiary/aromatic N) is 2. The highest BCUT2D eigenvalue weighted by Gasteiger charge is 2.30. The molecule has 1 saturated heterocycles. The Morgan fingerprint density at radius 1 is 1.28 bits per heavy atom. The number of piperazine rings is 1. The van der Waals surface area contributed by atoms with E-state index in [-0.39, 0.29) is 0 Å². The Kier molecular flexibility index (Phi) is 4.25. The van der Waals surface area contributed by atoms with Gasteiger partial charge in [-0.2, -0.15) is 0 Å². The standard InChI is InChI=1S/C15H25N3/c1-12-7-5-6-8-15(12)18-13(2)10-17(4)11-14(18)9-16-3/h5-8,13-14,16H,9-11H2,1-4H3. The number of nitrogens with one attached hydrogen (secondary N) is 1. The summed E-state index contributed by atoms with van der Waals surface area (Å²) in [5.41, 5.74) is 2.76. The maximum atomic E-state index is 3.33. The van der Waals surface area contributed by atoms with Crippen LogP contribution in [0.1, 0.15) is 12.5 Å². The second-order valence-electron chi connectivity index (χ2n) is 5.48. The zero-order valence-corrected chi connectivity index (χ0v) is 12.0. The van der Waals surface area contributed by atoms with Crippen molar-refractivity contribution in [3.8, 4) is 0 Å². The van der Waals surface area contributed by atoms with Gasteiger partial charge in [-0.15, -0.1) is 0 Å². The van der Waals surface area contributed by atoms with Crippen molar-refractivity contribution in [3.05, 3.63) is 29.8 Å². The van der Waals surface area contributed by atoms with E-state index in [1.807, 2.05) is 7.05 Å². The molecule has 2 atom stereocenters. The van der Waals surface area contributed by atoms with Crippen LogP contribution >= 0.6 is 0 Å². The van der Waals surface area contributed by atoms with Crippen molar-refractivity contribution in [2.75, 3.05) is 38.6 Å². The van der Waals surface area contributed by atoms with Crippen LogP contribution in [0.3, 0.4) is 0 Å². The van der Waals surface area contributed by atoms with E-state index < -0.39 is 0 Å². The van der Waals surface area contributed by atoms with Crippen LogP contribution in [0.2, 0.25) is 0 Å². The molecule has 1 heterocycles. The molecule has 0 aliphatic carbocycles. The fraction of sp³-hybridized carbons (Fsp3) is 0.600.